The number of alkyl halides is 1. The molecular weight excluding hydrogens is 226 g/mol. The number of rotatable bonds is 3. The lowest BCUT2D eigenvalue weighted by Crippen LogP contribution is -2.11. The monoisotopic (exact) mass is 241 g/mol. The number of anilines is 1. The Hall–Kier alpha value is -0.500. The standard InChI is InChI=1S/C11H16BrN/c1-8-5-4-6-9(2)11(8)13-7-10(3)12/h4-6,10,13H,7H2,1-3H3. The van der Waals surface area contributed by atoms with Gasteiger partial charge in [-0.3, -0.25) is 0 Å². The molecule has 0 heterocycles. The van der Waals surface area contributed by atoms with Crippen LogP contribution < -0.4 is 5.32 Å². The van der Waals surface area contributed by atoms with Gasteiger partial charge < -0.3 is 5.32 Å². The van der Waals surface area contributed by atoms with Gasteiger partial charge >= 0.3 is 0 Å². The van der Waals surface area contributed by atoms with E-state index in [1.807, 2.05) is 0 Å². The number of nitrogens with one attached hydrogen (secondary N) is 1. The number of benzene rings is 1. The molecule has 72 valence electrons. The van der Waals surface area contributed by atoms with E-state index >= 15 is 0 Å². The normalized spacial score (nSPS) is 12.6. The van der Waals surface area contributed by atoms with E-state index in [1.54, 1.807) is 0 Å². The van der Waals surface area contributed by atoms with Crippen LogP contribution in [0.4, 0.5) is 5.69 Å². The van der Waals surface area contributed by atoms with Crippen LogP contribution in [-0.2, 0) is 0 Å². The van der Waals surface area contributed by atoms with Gasteiger partial charge in [-0.25, -0.2) is 0 Å². The molecule has 0 spiro atoms. The van der Waals surface area contributed by atoms with E-state index in [9.17, 15) is 0 Å². The van der Waals surface area contributed by atoms with Gasteiger partial charge in [0.15, 0.2) is 0 Å². The molecule has 0 aliphatic rings. The summed E-state index contributed by atoms with van der Waals surface area (Å²) in [7, 11) is 0. The highest BCUT2D eigenvalue weighted by molar-refractivity contribution is 9.09. The van der Waals surface area contributed by atoms with Gasteiger partial charge in [0, 0.05) is 17.1 Å². The van der Waals surface area contributed by atoms with Crippen molar-refractivity contribution in [3.63, 3.8) is 0 Å². The Morgan fingerprint density at radius 1 is 1.31 bits per heavy atom. The molecule has 1 rings (SSSR count). The lowest BCUT2D eigenvalue weighted by molar-refractivity contribution is 1.01. The van der Waals surface area contributed by atoms with Crippen LogP contribution in [0.15, 0.2) is 18.2 Å². The van der Waals surface area contributed by atoms with Crippen LogP contribution in [0.3, 0.4) is 0 Å². The number of aryl methyl sites for hydroxylation is 2. The third-order valence-electron chi connectivity index (χ3n) is 2.04. The molecule has 1 aromatic carbocycles. The van der Waals surface area contributed by atoms with E-state index in [-0.39, 0.29) is 0 Å². The summed E-state index contributed by atoms with van der Waals surface area (Å²) in [5.41, 5.74) is 3.90. The maximum atomic E-state index is 3.52. The average molecular weight is 242 g/mol. The van der Waals surface area contributed by atoms with E-state index < -0.39 is 0 Å². The SMILES string of the molecule is Cc1cccc(C)c1NCC(C)Br. The predicted molar refractivity (Wildman–Crippen MR) is 62.8 cm³/mol. The second-order valence-electron chi connectivity index (χ2n) is 3.43. The fraction of sp³-hybridized carbons (Fsp3) is 0.455. The van der Waals surface area contributed by atoms with Crippen LogP contribution in [0.25, 0.3) is 0 Å². The molecule has 0 bridgehead atoms. The third kappa shape index (κ3) is 3.03. The molecule has 1 atom stereocenters. The van der Waals surface area contributed by atoms with Crippen LogP contribution in [-0.4, -0.2) is 11.4 Å². The van der Waals surface area contributed by atoms with Crippen LogP contribution in [0.5, 0.6) is 0 Å². The smallest absolute Gasteiger partial charge is 0.0399 e. The summed E-state index contributed by atoms with van der Waals surface area (Å²) in [5.74, 6) is 0. The Kier molecular flexibility index (Phi) is 3.79. The molecule has 0 aromatic heterocycles. The van der Waals surface area contributed by atoms with Crippen molar-refractivity contribution in [3.8, 4) is 0 Å². The van der Waals surface area contributed by atoms with E-state index in [4.69, 9.17) is 0 Å². The minimum Gasteiger partial charge on any atom is -0.384 e. The van der Waals surface area contributed by atoms with Gasteiger partial charge in [-0.1, -0.05) is 41.1 Å². The summed E-state index contributed by atoms with van der Waals surface area (Å²) >= 11 is 3.52. The van der Waals surface area contributed by atoms with Crippen LogP contribution in [0.2, 0.25) is 0 Å². The predicted octanol–water partition coefficient (Wildman–Crippen LogP) is 3.50. The van der Waals surface area contributed by atoms with Crippen molar-refractivity contribution in [1.29, 1.82) is 0 Å². The molecule has 0 saturated carbocycles. The average Bonchev–Trinajstić information content (AvgIpc) is 2.03. The highest BCUT2D eigenvalue weighted by atomic mass is 79.9. The Balaban J connectivity index is 2.75. The van der Waals surface area contributed by atoms with Crippen molar-refractivity contribution in [2.45, 2.75) is 25.6 Å². The molecule has 1 nitrogen and oxygen atoms in total. The molecule has 2 heteroatoms. The molecule has 0 saturated heterocycles. The molecule has 1 aromatic rings. The largest absolute Gasteiger partial charge is 0.384 e. The minimum atomic E-state index is 0.506. The summed E-state index contributed by atoms with van der Waals surface area (Å²) in [6.07, 6.45) is 0. The Morgan fingerprint density at radius 2 is 1.85 bits per heavy atom. The van der Waals surface area contributed by atoms with Crippen molar-refractivity contribution in [2.75, 3.05) is 11.9 Å². The molecule has 0 amide bonds. The summed E-state index contributed by atoms with van der Waals surface area (Å²) in [6, 6.07) is 6.36. The first kappa shape index (κ1) is 10.6. The van der Waals surface area contributed by atoms with E-state index in [0.29, 0.717) is 4.83 Å². The number of para-hydroxylation sites is 1. The van der Waals surface area contributed by atoms with Gasteiger partial charge in [-0.15, -0.1) is 0 Å². The van der Waals surface area contributed by atoms with Crippen molar-refractivity contribution in [3.05, 3.63) is 29.3 Å². The second-order valence-corrected chi connectivity index (χ2v) is 4.99. The van der Waals surface area contributed by atoms with Crippen molar-refractivity contribution in [2.24, 2.45) is 0 Å². The number of halogens is 1. The minimum absolute atomic E-state index is 0.506. The Labute approximate surface area is 88.7 Å². The molecule has 0 fully saturated rings. The van der Waals surface area contributed by atoms with Crippen molar-refractivity contribution < 1.29 is 0 Å². The first-order chi connectivity index (χ1) is 6.11. The Bertz CT molecular complexity index is 261. The van der Waals surface area contributed by atoms with Crippen LogP contribution in [0, 0.1) is 13.8 Å². The molecule has 0 aliphatic carbocycles. The van der Waals surface area contributed by atoms with E-state index in [1.165, 1.54) is 16.8 Å². The summed E-state index contributed by atoms with van der Waals surface area (Å²) < 4.78 is 0. The maximum absolute atomic E-state index is 3.52. The zero-order chi connectivity index (χ0) is 9.84. The fourth-order valence-electron chi connectivity index (χ4n) is 1.34. The van der Waals surface area contributed by atoms with E-state index in [2.05, 4.69) is 60.2 Å². The second kappa shape index (κ2) is 4.66. The first-order valence-corrected chi connectivity index (χ1v) is 5.47. The maximum Gasteiger partial charge on any atom is 0.0399 e. The summed E-state index contributed by atoms with van der Waals surface area (Å²) in [4.78, 5) is 0.506. The zero-order valence-electron chi connectivity index (χ0n) is 8.39. The van der Waals surface area contributed by atoms with Gasteiger partial charge in [0.25, 0.3) is 0 Å². The van der Waals surface area contributed by atoms with Gasteiger partial charge in [-0.05, 0) is 25.0 Å². The Morgan fingerprint density at radius 3 is 2.31 bits per heavy atom. The molecule has 0 aliphatic heterocycles. The number of hydrogen-bond acceptors (Lipinski definition) is 1. The van der Waals surface area contributed by atoms with Crippen molar-refractivity contribution >= 4 is 21.6 Å². The first-order valence-electron chi connectivity index (χ1n) is 4.55. The van der Waals surface area contributed by atoms with Crippen LogP contribution >= 0.6 is 15.9 Å². The highest BCUT2D eigenvalue weighted by Crippen LogP contribution is 2.19. The molecule has 13 heavy (non-hydrogen) atoms. The summed E-state index contributed by atoms with van der Waals surface area (Å²) in [6.45, 7) is 7.37. The third-order valence-corrected chi connectivity index (χ3v) is 2.36. The van der Waals surface area contributed by atoms with Gasteiger partial charge in [0.05, 0.1) is 0 Å². The lowest BCUT2D eigenvalue weighted by Gasteiger charge is -2.13. The van der Waals surface area contributed by atoms with Crippen LogP contribution in [0.1, 0.15) is 18.1 Å². The van der Waals surface area contributed by atoms with Crippen molar-refractivity contribution in [1.82, 2.24) is 0 Å². The lowest BCUT2D eigenvalue weighted by atomic mass is 10.1. The quantitative estimate of drug-likeness (QED) is 0.800. The molecular formula is C11H16BrN. The molecule has 1 N–H and O–H groups in total. The van der Waals surface area contributed by atoms with E-state index in [0.717, 1.165) is 6.54 Å². The number of hydrogen-bond donors (Lipinski definition) is 1. The topological polar surface area (TPSA) is 12.0 Å². The molecule has 1 unspecified atom stereocenters. The highest BCUT2D eigenvalue weighted by Gasteiger charge is 2.01. The summed E-state index contributed by atoms with van der Waals surface area (Å²) in [5, 5.41) is 3.43. The van der Waals surface area contributed by atoms with Gasteiger partial charge in [-0.2, -0.15) is 0 Å². The zero-order valence-corrected chi connectivity index (χ0v) is 9.98. The van der Waals surface area contributed by atoms with Gasteiger partial charge in [0.1, 0.15) is 0 Å². The fourth-order valence-corrected chi connectivity index (χ4v) is 1.50. The molecule has 0 radical (unpaired) electrons. The van der Waals surface area contributed by atoms with Gasteiger partial charge in [0.2, 0.25) is 0 Å².